The monoisotopic (exact) mass is 483 g/mol. The normalized spacial score (nSPS) is 13.5. The first kappa shape index (κ1) is 21.0. The Kier molecular flexibility index (Phi) is 6.58. The molecule has 0 saturated carbocycles. The van der Waals surface area contributed by atoms with E-state index >= 15 is 0 Å². The molecule has 0 unspecified atom stereocenters. The van der Waals surface area contributed by atoms with E-state index in [1.54, 1.807) is 31.5 Å². The van der Waals surface area contributed by atoms with Gasteiger partial charge in [-0.1, -0.05) is 6.07 Å². The number of piperazine rings is 1. The van der Waals surface area contributed by atoms with Crippen LogP contribution in [0.25, 0.3) is 0 Å². The van der Waals surface area contributed by atoms with E-state index in [0.29, 0.717) is 33.5 Å². The summed E-state index contributed by atoms with van der Waals surface area (Å²) in [7, 11) is 1.59. The van der Waals surface area contributed by atoms with Gasteiger partial charge < -0.3 is 25.6 Å². The molecule has 9 nitrogen and oxygen atoms in total. The Hall–Kier alpha value is -3.24. The molecule has 3 aromatic rings. The van der Waals surface area contributed by atoms with Gasteiger partial charge in [-0.2, -0.15) is 4.98 Å². The summed E-state index contributed by atoms with van der Waals surface area (Å²) in [5, 5.41) is 9.43. The summed E-state index contributed by atoms with van der Waals surface area (Å²) in [6.07, 6.45) is 1.67. The number of aromatic nitrogens is 3. The summed E-state index contributed by atoms with van der Waals surface area (Å²) in [5.41, 5.74) is 1.80. The minimum absolute atomic E-state index is 0.278. The van der Waals surface area contributed by atoms with Crippen LogP contribution in [0.1, 0.15) is 10.5 Å². The summed E-state index contributed by atoms with van der Waals surface area (Å²) in [5.74, 6) is 1.52. The lowest BCUT2D eigenvalue weighted by Crippen LogP contribution is -2.44. The summed E-state index contributed by atoms with van der Waals surface area (Å²) in [6.45, 7) is 3.52. The number of ether oxygens (including phenoxy) is 1. The number of benzene rings is 1. The van der Waals surface area contributed by atoms with Crippen molar-refractivity contribution in [1.82, 2.24) is 20.3 Å². The largest absolute Gasteiger partial charge is 0.491 e. The van der Waals surface area contributed by atoms with E-state index in [2.05, 4.69) is 51.7 Å². The number of nitrogens with zero attached hydrogens (tertiary/aromatic N) is 4. The molecule has 4 rings (SSSR count). The van der Waals surface area contributed by atoms with E-state index in [9.17, 15) is 4.79 Å². The Morgan fingerprint density at radius 2 is 1.84 bits per heavy atom. The highest BCUT2D eigenvalue weighted by Crippen LogP contribution is 2.27. The van der Waals surface area contributed by atoms with Crippen LogP contribution in [0.5, 0.6) is 5.75 Å². The number of hydrogen-bond acceptors (Lipinski definition) is 8. The molecule has 2 aromatic heterocycles. The number of carbonyl (C=O) groups is 1. The lowest BCUT2D eigenvalue weighted by Gasteiger charge is -2.27. The first-order valence-corrected chi connectivity index (χ1v) is 10.6. The molecule has 1 aromatic carbocycles. The number of hydrogen-bond donors (Lipinski definition) is 3. The maximum absolute atomic E-state index is 12.4. The van der Waals surface area contributed by atoms with E-state index in [4.69, 9.17) is 4.74 Å². The Morgan fingerprint density at radius 3 is 2.55 bits per heavy atom. The topological polar surface area (TPSA) is 104 Å². The van der Waals surface area contributed by atoms with Crippen LogP contribution in [-0.2, 0) is 0 Å². The number of anilines is 4. The Balaban J connectivity index is 1.46. The van der Waals surface area contributed by atoms with Gasteiger partial charge in [-0.25, -0.2) is 9.97 Å². The van der Waals surface area contributed by atoms with E-state index in [1.807, 2.05) is 24.3 Å². The van der Waals surface area contributed by atoms with Gasteiger partial charge in [0.1, 0.15) is 10.3 Å². The molecular weight excluding hydrogens is 462 g/mol. The minimum atomic E-state index is -0.278. The summed E-state index contributed by atoms with van der Waals surface area (Å²) in [4.78, 5) is 27.7. The molecule has 1 aliphatic rings. The summed E-state index contributed by atoms with van der Waals surface area (Å²) in [6, 6.07) is 12.5. The van der Waals surface area contributed by atoms with Gasteiger partial charge in [-0.05, 0) is 52.3 Å². The zero-order valence-electron chi connectivity index (χ0n) is 16.9. The van der Waals surface area contributed by atoms with Gasteiger partial charge in [-0.15, -0.1) is 0 Å². The van der Waals surface area contributed by atoms with Crippen LogP contribution in [0.3, 0.4) is 0 Å². The van der Waals surface area contributed by atoms with E-state index in [1.165, 1.54) is 0 Å². The zero-order chi connectivity index (χ0) is 21.6. The van der Waals surface area contributed by atoms with Gasteiger partial charge in [-0.3, -0.25) is 4.79 Å². The molecule has 10 heteroatoms. The molecule has 1 amide bonds. The average molecular weight is 484 g/mol. The maximum atomic E-state index is 12.4. The summed E-state index contributed by atoms with van der Waals surface area (Å²) >= 11 is 3.27. The van der Waals surface area contributed by atoms with Gasteiger partial charge in [0.2, 0.25) is 5.95 Å². The fraction of sp³-hybridized carbons (Fsp3) is 0.238. The second-order valence-corrected chi connectivity index (χ2v) is 7.64. The van der Waals surface area contributed by atoms with Gasteiger partial charge in [0.05, 0.1) is 13.3 Å². The Bertz CT molecular complexity index is 1060. The van der Waals surface area contributed by atoms with Crippen LogP contribution < -0.4 is 25.6 Å². The molecular formula is C21H22BrN7O2. The van der Waals surface area contributed by atoms with Gasteiger partial charge in [0.25, 0.3) is 5.91 Å². The van der Waals surface area contributed by atoms with Crippen molar-refractivity contribution in [3.05, 3.63) is 59.0 Å². The van der Waals surface area contributed by atoms with Crippen molar-refractivity contribution in [3.8, 4) is 5.75 Å². The third-order valence-corrected chi connectivity index (χ3v) is 5.16. The van der Waals surface area contributed by atoms with Gasteiger partial charge >= 0.3 is 0 Å². The first-order valence-electron chi connectivity index (χ1n) is 9.80. The van der Waals surface area contributed by atoms with Crippen LogP contribution in [0.15, 0.2) is 53.3 Å². The molecule has 0 aliphatic carbocycles. The van der Waals surface area contributed by atoms with Crippen molar-refractivity contribution >= 4 is 45.0 Å². The number of halogens is 1. The fourth-order valence-electron chi connectivity index (χ4n) is 3.12. The highest BCUT2D eigenvalue weighted by Gasteiger charge is 2.16. The first-order chi connectivity index (χ1) is 15.1. The Labute approximate surface area is 188 Å². The molecule has 1 fully saturated rings. The van der Waals surface area contributed by atoms with Crippen LogP contribution in [0.2, 0.25) is 0 Å². The molecule has 0 bridgehead atoms. The van der Waals surface area contributed by atoms with Gasteiger partial charge in [0, 0.05) is 37.6 Å². The Morgan fingerprint density at radius 1 is 1.10 bits per heavy atom. The number of methoxy groups -OCH3 is 1. The minimum Gasteiger partial charge on any atom is -0.491 e. The predicted molar refractivity (Wildman–Crippen MR) is 123 cm³/mol. The van der Waals surface area contributed by atoms with Crippen LogP contribution >= 0.6 is 15.9 Å². The highest BCUT2D eigenvalue weighted by molar-refractivity contribution is 9.10. The standard InChI is InChI=1S/C21H22BrN7O2/c1-31-17-13-24-21(29-11-9-23-10-12-29)28-19(17)25-14-5-7-15(8-6-14)26-20(30)16-3-2-4-18(22)27-16/h2-8,13,23H,9-12H2,1H3,(H,26,30)(H,24,25,28). The van der Waals surface area contributed by atoms with Crippen molar-refractivity contribution in [1.29, 1.82) is 0 Å². The number of rotatable bonds is 6. The number of pyridine rings is 1. The molecule has 3 heterocycles. The quantitative estimate of drug-likeness (QED) is 0.459. The second kappa shape index (κ2) is 9.71. The molecule has 160 valence electrons. The molecule has 0 atom stereocenters. The van der Waals surface area contributed by atoms with E-state index in [0.717, 1.165) is 31.9 Å². The van der Waals surface area contributed by atoms with Crippen LogP contribution in [-0.4, -0.2) is 54.1 Å². The third kappa shape index (κ3) is 5.28. The zero-order valence-corrected chi connectivity index (χ0v) is 18.5. The lowest BCUT2D eigenvalue weighted by atomic mass is 10.2. The van der Waals surface area contributed by atoms with Crippen molar-refractivity contribution in [2.45, 2.75) is 0 Å². The van der Waals surface area contributed by atoms with Crippen molar-refractivity contribution in [3.63, 3.8) is 0 Å². The number of carbonyl (C=O) groups excluding carboxylic acids is 1. The van der Waals surface area contributed by atoms with E-state index in [-0.39, 0.29) is 5.91 Å². The van der Waals surface area contributed by atoms with Gasteiger partial charge in [0.15, 0.2) is 11.6 Å². The molecule has 31 heavy (non-hydrogen) atoms. The van der Waals surface area contributed by atoms with Crippen molar-refractivity contribution in [2.75, 3.05) is 48.8 Å². The van der Waals surface area contributed by atoms with Crippen LogP contribution in [0.4, 0.5) is 23.1 Å². The maximum Gasteiger partial charge on any atom is 0.274 e. The van der Waals surface area contributed by atoms with Crippen LogP contribution in [0, 0.1) is 0 Å². The van der Waals surface area contributed by atoms with Crippen molar-refractivity contribution < 1.29 is 9.53 Å². The molecule has 0 radical (unpaired) electrons. The molecule has 1 saturated heterocycles. The van der Waals surface area contributed by atoms with E-state index < -0.39 is 0 Å². The second-order valence-electron chi connectivity index (χ2n) is 6.83. The van der Waals surface area contributed by atoms with Crippen molar-refractivity contribution in [2.24, 2.45) is 0 Å². The predicted octanol–water partition coefficient (Wildman–Crippen LogP) is 3.05. The molecule has 0 spiro atoms. The lowest BCUT2D eigenvalue weighted by molar-refractivity contribution is 0.102. The smallest absolute Gasteiger partial charge is 0.274 e. The highest BCUT2D eigenvalue weighted by atomic mass is 79.9. The average Bonchev–Trinajstić information content (AvgIpc) is 2.81. The number of amides is 1. The third-order valence-electron chi connectivity index (χ3n) is 4.72. The SMILES string of the molecule is COc1cnc(N2CCNCC2)nc1Nc1ccc(NC(=O)c2cccc(Br)n2)cc1. The summed E-state index contributed by atoms with van der Waals surface area (Å²) < 4.78 is 6.02. The number of nitrogens with one attached hydrogen (secondary N) is 3. The molecule has 3 N–H and O–H groups in total. The fourth-order valence-corrected chi connectivity index (χ4v) is 3.46. The molecule has 1 aliphatic heterocycles.